The Hall–Kier alpha value is -3.74. The molecule has 2 fully saturated rings. The van der Waals surface area contributed by atoms with Crippen LogP contribution in [0.4, 0.5) is 10.1 Å². The number of amides is 2. The number of aliphatic hydroxyl groups is 1. The predicted octanol–water partition coefficient (Wildman–Crippen LogP) is 2.99. The molecule has 0 radical (unpaired) electrons. The molecule has 41 heavy (non-hydrogen) atoms. The van der Waals surface area contributed by atoms with E-state index in [0.29, 0.717) is 29.1 Å². The zero-order valence-corrected chi connectivity index (χ0v) is 23.2. The highest BCUT2D eigenvalue weighted by Gasteiger charge is 2.60. The standard InChI is InChI=1S/C29H30FN3O7S/c1-14-23-22(15(2)34)27(36)33(23)24(29(39)40)25(14)41-19-11-21(32(13-19)12-17-6-3-4-9-20(17)30)26(35)31-18-8-5-7-16(10-18)28(37)38/h3-10,14-15,19,21-23,34H,11-13H2,1-2H3,(H,31,35)(H,37,38)(H,39,40)/t14-,15-,19+,21+,22-,23?/m1/s1. The van der Waals surface area contributed by atoms with E-state index in [0.717, 1.165) is 0 Å². The number of anilines is 1. The summed E-state index contributed by atoms with van der Waals surface area (Å²) >= 11 is 1.31. The number of benzene rings is 2. The molecule has 5 rings (SSSR count). The molecule has 0 aromatic heterocycles. The molecule has 0 aliphatic carbocycles. The summed E-state index contributed by atoms with van der Waals surface area (Å²) in [6, 6.07) is 11.0. The minimum atomic E-state index is -1.23. The van der Waals surface area contributed by atoms with Crippen LogP contribution in [0, 0.1) is 17.7 Å². The van der Waals surface area contributed by atoms with Crippen LogP contribution in [-0.2, 0) is 20.9 Å². The van der Waals surface area contributed by atoms with Crippen LogP contribution < -0.4 is 5.32 Å². The quantitative estimate of drug-likeness (QED) is 0.327. The normalized spacial score (nSPS) is 26.5. The number of carbonyl (C=O) groups excluding carboxylic acids is 2. The van der Waals surface area contributed by atoms with E-state index in [9.17, 15) is 38.9 Å². The van der Waals surface area contributed by atoms with E-state index in [1.807, 2.05) is 11.8 Å². The third-order valence-corrected chi connectivity index (χ3v) is 9.47. The fourth-order valence-corrected chi connectivity index (χ4v) is 7.61. The van der Waals surface area contributed by atoms with Crippen molar-refractivity contribution >= 4 is 41.2 Å². The number of β-lactam (4-membered cyclic amide) rings is 1. The predicted molar refractivity (Wildman–Crippen MR) is 148 cm³/mol. The van der Waals surface area contributed by atoms with E-state index in [2.05, 4.69) is 5.32 Å². The molecule has 0 spiro atoms. The Balaban J connectivity index is 1.40. The van der Waals surface area contributed by atoms with Crippen molar-refractivity contribution in [2.24, 2.45) is 11.8 Å². The van der Waals surface area contributed by atoms with Gasteiger partial charge in [0.1, 0.15) is 11.5 Å². The van der Waals surface area contributed by atoms with Crippen molar-refractivity contribution in [1.82, 2.24) is 9.80 Å². The topological polar surface area (TPSA) is 147 Å². The molecule has 6 atom stereocenters. The van der Waals surface area contributed by atoms with Crippen molar-refractivity contribution < 1.29 is 38.9 Å². The average molecular weight is 584 g/mol. The molecule has 216 valence electrons. The molecule has 0 saturated carbocycles. The number of fused-ring (bicyclic) bond motifs is 1. The number of aromatic carboxylic acids is 1. The lowest BCUT2D eigenvalue weighted by Crippen LogP contribution is -2.63. The molecule has 3 heterocycles. The second kappa shape index (κ2) is 11.3. The van der Waals surface area contributed by atoms with E-state index in [1.165, 1.54) is 47.9 Å². The van der Waals surface area contributed by atoms with Crippen molar-refractivity contribution in [3.8, 4) is 0 Å². The van der Waals surface area contributed by atoms with Gasteiger partial charge >= 0.3 is 11.9 Å². The van der Waals surface area contributed by atoms with E-state index in [1.54, 1.807) is 24.3 Å². The highest BCUT2D eigenvalue weighted by Crippen LogP contribution is 2.52. The third kappa shape index (κ3) is 5.34. The van der Waals surface area contributed by atoms with Crippen molar-refractivity contribution in [2.75, 3.05) is 11.9 Å². The first-order chi connectivity index (χ1) is 19.5. The Kier molecular flexibility index (Phi) is 7.91. The number of carbonyl (C=O) groups is 4. The minimum absolute atomic E-state index is 0.0175. The first-order valence-electron chi connectivity index (χ1n) is 13.2. The molecule has 10 nitrogen and oxygen atoms in total. The van der Waals surface area contributed by atoms with Gasteiger partial charge in [-0.2, -0.15) is 0 Å². The summed E-state index contributed by atoms with van der Waals surface area (Å²) in [4.78, 5) is 53.4. The smallest absolute Gasteiger partial charge is 0.353 e. The maximum Gasteiger partial charge on any atom is 0.353 e. The van der Waals surface area contributed by atoms with Crippen LogP contribution in [0.15, 0.2) is 59.1 Å². The van der Waals surface area contributed by atoms with Crippen molar-refractivity contribution in [1.29, 1.82) is 0 Å². The molecule has 2 aromatic rings. The minimum Gasteiger partial charge on any atom is -0.478 e. The van der Waals surface area contributed by atoms with Gasteiger partial charge in [-0.1, -0.05) is 31.2 Å². The van der Waals surface area contributed by atoms with Crippen LogP contribution >= 0.6 is 11.8 Å². The average Bonchev–Trinajstić information content (AvgIpc) is 3.42. The van der Waals surface area contributed by atoms with Gasteiger partial charge in [-0.15, -0.1) is 11.8 Å². The van der Waals surface area contributed by atoms with Crippen LogP contribution in [0.25, 0.3) is 0 Å². The number of halogens is 1. The van der Waals surface area contributed by atoms with Crippen LogP contribution in [0.1, 0.15) is 36.2 Å². The summed E-state index contributed by atoms with van der Waals surface area (Å²) in [6.07, 6.45) is -0.605. The van der Waals surface area contributed by atoms with Gasteiger partial charge in [-0.3, -0.25) is 14.5 Å². The van der Waals surface area contributed by atoms with Crippen LogP contribution in [0.2, 0.25) is 0 Å². The molecule has 2 amide bonds. The van der Waals surface area contributed by atoms with E-state index in [4.69, 9.17) is 0 Å². The number of rotatable bonds is 9. The molecule has 1 unspecified atom stereocenters. The Morgan fingerprint density at radius 3 is 2.51 bits per heavy atom. The fourth-order valence-electron chi connectivity index (χ4n) is 6.05. The number of thioether (sulfide) groups is 1. The van der Waals surface area contributed by atoms with Crippen molar-refractivity contribution in [2.45, 2.75) is 50.3 Å². The largest absolute Gasteiger partial charge is 0.478 e. The number of carboxylic acid groups (broad SMARTS) is 2. The Morgan fingerprint density at radius 2 is 1.85 bits per heavy atom. The van der Waals surface area contributed by atoms with Gasteiger partial charge < -0.3 is 25.5 Å². The summed E-state index contributed by atoms with van der Waals surface area (Å²) in [5.74, 6) is -4.59. The summed E-state index contributed by atoms with van der Waals surface area (Å²) < 4.78 is 14.6. The van der Waals surface area contributed by atoms with Gasteiger partial charge in [-0.05, 0) is 37.6 Å². The third-order valence-electron chi connectivity index (χ3n) is 7.98. The van der Waals surface area contributed by atoms with E-state index < -0.39 is 53.7 Å². The number of aliphatic hydroxyl groups excluding tert-OH is 1. The lowest BCUT2D eigenvalue weighted by atomic mass is 9.79. The zero-order valence-electron chi connectivity index (χ0n) is 22.4. The highest BCUT2D eigenvalue weighted by molar-refractivity contribution is 8.03. The van der Waals surface area contributed by atoms with Gasteiger partial charge in [0.05, 0.1) is 29.7 Å². The molecule has 12 heteroatoms. The molecular formula is C29H30FN3O7S. The second-order valence-electron chi connectivity index (χ2n) is 10.7. The zero-order chi connectivity index (χ0) is 29.6. The number of carboxylic acids is 2. The SMILES string of the molecule is C[C@H]1C(S[C@H]2C[C@@H](C(=O)Nc3cccc(C(=O)O)c3)N(Cc3ccccc3F)C2)=C(C(=O)O)N2C(=O)[C@H]([C@@H](C)O)C12. The van der Waals surface area contributed by atoms with Gasteiger partial charge in [-0.25, -0.2) is 14.0 Å². The van der Waals surface area contributed by atoms with Gasteiger partial charge in [0, 0.05) is 40.4 Å². The van der Waals surface area contributed by atoms with Crippen molar-refractivity contribution in [3.63, 3.8) is 0 Å². The first kappa shape index (κ1) is 28.8. The van der Waals surface area contributed by atoms with Crippen LogP contribution in [0.3, 0.4) is 0 Å². The lowest BCUT2D eigenvalue weighted by molar-refractivity contribution is -0.163. The summed E-state index contributed by atoms with van der Waals surface area (Å²) in [5.41, 5.74) is 0.638. The molecule has 2 aromatic carbocycles. The van der Waals surface area contributed by atoms with Crippen LogP contribution in [0.5, 0.6) is 0 Å². The molecule has 2 saturated heterocycles. The summed E-state index contributed by atoms with van der Waals surface area (Å²) in [6.45, 7) is 3.83. The number of hydrogen-bond acceptors (Lipinski definition) is 7. The summed E-state index contributed by atoms with van der Waals surface area (Å²) in [5, 5.41) is 31.9. The maximum atomic E-state index is 14.6. The van der Waals surface area contributed by atoms with Gasteiger partial charge in [0.15, 0.2) is 0 Å². The number of aliphatic carboxylic acids is 1. The second-order valence-corrected chi connectivity index (χ2v) is 12.0. The molecular weight excluding hydrogens is 553 g/mol. The van der Waals surface area contributed by atoms with E-state index >= 15 is 0 Å². The molecule has 0 bridgehead atoms. The van der Waals surface area contributed by atoms with Crippen molar-refractivity contribution in [3.05, 3.63) is 76.1 Å². The molecule has 3 aliphatic heterocycles. The Labute approximate surface area is 239 Å². The number of nitrogens with one attached hydrogen (secondary N) is 1. The van der Waals surface area contributed by atoms with E-state index in [-0.39, 0.29) is 29.0 Å². The number of nitrogens with zero attached hydrogens (tertiary/aromatic N) is 2. The van der Waals surface area contributed by atoms with Gasteiger partial charge in [0.25, 0.3) is 0 Å². The molecule has 4 N–H and O–H groups in total. The van der Waals surface area contributed by atoms with Crippen LogP contribution in [-0.4, -0.2) is 78.9 Å². The highest BCUT2D eigenvalue weighted by atomic mass is 32.2. The number of likely N-dealkylation sites (tertiary alicyclic amines) is 1. The Morgan fingerprint density at radius 1 is 1.12 bits per heavy atom. The first-order valence-corrected chi connectivity index (χ1v) is 14.1. The molecule has 3 aliphatic rings. The monoisotopic (exact) mass is 583 g/mol. The lowest BCUT2D eigenvalue weighted by Gasteiger charge is -2.46. The maximum absolute atomic E-state index is 14.6. The Bertz CT molecular complexity index is 1450. The van der Waals surface area contributed by atoms with Gasteiger partial charge in [0.2, 0.25) is 11.8 Å². The summed E-state index contributed by atoms with van der Waals surface area (Å²) in [7, 11) is 0. The fraction of sp³-hybridized carbons (Fsp3) is 0.379. The number of hydrogen-bond donors (Lipinski definition) is 4.